The fourth-order valence-corrected chi connectivity index (χ4v) is 0.953. The summed E-state index contributed by atoms with van der Waals surface area (Å²) in [6.07, 6.45) is 0.902. The van der Waals surface area contributed by atoms with Crippen molar-refractivity contribution >= 4 is 0 Å². The van der Waals surface area contributed by atoms with Gasteiger partial charge in [0.25, 0.3) is 0 Å². The second kappa shape index (κ2) is 2.42. The topological polar surface area (TPSA) is 29.3 Å². The highest BCUT2D eigenvalue weighted by Crippen LogP contribution is 2.08. The van der Waals surface area contributed by atoms with Crippen molar-refractivity contribution in [3.63, 3.8) is 0 Å². The van der Waals surface area contributed by atoms with Gasteiger partial charge in [0.15, 0.2) is 0 Å². The molecule has 3 heteroatoms. The summed E-state index contributed by atoms with van der Waals surface area (Å²) in [7, 11) is 0. The average Bonchev–Trinajstić information content (AvgIpc) is 1.64. The maximum Gasteiger partial charge on any atom is 0.114 e. The van der Waals surface area contributed by atoms with Gasteiger partial charge in [0.1, 0.15) is 6.17 Å². The molecule has 0 aliphatic carbocycles. The van der Waals surface area contributed by atoms with E-state index < -0.39 is 6.17 Å². The fourth-order valence-electron chi connectivity index (χ4n) is 0.953. The SMILES string of the molecule is NN1CCCC(F)C1. The first-order valence-corrected chi connectivity index (χ1v) is 2.93. The molecule has 2 N–H and O–H groups in total. The number of piperidine rings is 1. The van der Waals surface area contributed by atoms with Gasteiger partial charge in [-0.1, -0.05) is 0 Å². The second-order valence-electron chi connectivity index (χ2n) is 2.23. The van der Waals surface area contributed by atoms with Crippen LogP contribution < -0.4 is 5.84 Å². The van der Waals surface area contributed by atoms with Gasteiger partial charge in [0.2, 0.25) is 0 Å². The van der Waals surface area contributed by atoms with Crippen LogP contribution in [0.3, 0.4) is 0 Å². The molecule has 0 amide bonds. The third kappa shape index (κ3) is 1.42. The Labute approximate surface area is 48.4 Å². The first kappa shape index (κ1) is 5.98. The summed E-state index contributed by atoms with van der Waals surface area (Å²) in [6.45, 7) is 1.26. The predicted molar refractivity (Wildman–Crippen MR) is 29.9 cm³/mol. The van der Waals surface area contributed by atoms with E-state index in [0.29, 0.717) is 13.0 Å². The van der Waals surface area contributed by atoms with Crippen molar-refractivity contribution in [1.29, 1.82) is 0 Å². The van der Waals surface area contributed by atoms with E-state index in [1.807, 2.05) is 0 Å². The Balaban J connectivity index is 2.23. The second-order valence-corrected chi connectivity index (χ2v) is 2.23. The fraction of sp³-hybridized carbons (Fsp3) is 1.00. The molecule has 1 saturated heterocycles. The summed E-state index contributed by atoms with van der Waals surface area (Å²) in [4.78, 5) is 0. The van der Waals surface area contributed by atoms with Gasteiger partial charge in [0.05, 0.1) is 0 Å². The van der Waals surface area contributed by atoms with Crippen molar-refractivity contribution in [2.75, 3.05) is 13.1 Å². The number of hydrogen-bond acceptors (Lipinski definition) is 2. The van der Waals surface area contributed by atoms with Gasteiger partial charge in [-0.25, -0.2) is 9.40 Å². The van der Waals surface area contributed by atoms with E-state index in [1.54, 1.807) is 0 Å². The molecule has 0 bridgehead atoms. The molecule has 48 valence electrons. The zero-order valence-electron chi connectivity index (χ0n) is 4.81. The van der Waals surface area contributed by atoms with E-state index in [1.165, 1.54) is 5.01 Å². The zero-order valence-corrected chi connectivity index (χ0v) is 4.81. The zero-order chi connectivity index (χ0) is 5.98. The minimum Gasteiger partial charge on any atom is -0.269 e. The molecular formula is C5H11FN2. The summed E-state index contributed by atoms with van der Waals surface area (Å²) >= 11 is 0. The van der Waals surface area contributed by atoms with Gasteiger partial charge >= 0.3 is 0 Å². The van der Waals surface area contributed by atoms with E-state index in [9.17, 15) is 4.39 Å². The summed E-state index contributed by atoms with van der Waals surface area (Å²) in [5.41, 5.74) is 0. The van der Waals surface area contributed by atoms with Crippen LogP contribution in [0.1, 0.15) is 12.8 Å². The van der Waals surface area contributed by atoms with E-state index in [4.69, 9.17) is 5.84 Å². The largest absolute Gasteiger partial charge is 0.269 e. The Morgan fingerprint density at radius 3 is 2.75 bits per heavy atom. The highest BCUT2D eigenvalue weighted by Gasteiger charge is 2.15. The number of rotatable bonds is 0. The number of nitrogens with zero attached hydrogens (tertiary/aromatic N) is 1. The molecule has 1 heterocycles. The molecule has 0 saturated carbocycles. The van der Waals surface area contributed by atoms with Gasteiger partial charge < -0.3 is 0 Å². The van der Waals surface area contributed by atoms with E-state index in [-0.39, 0.29) is 0 Å². The van der Waals surface area contributed by atoms with Crippen molar-refractivity contribution in [3.05, 3.63) is 0 Å². The van der Waals surface area contributed by atoms with Crippen LogP contribution in [0, 0.1) is 0 Å². The highest BCUT2D eigenvalue weighted by molar-refractivity contribution is 4.66. The number of hydrogen-bond donors (Lipinski definition) is 1. The molecule has 2 nitrogen and oxygen atoms in total. The lowest BCUT2D eigenvalue weighted by atomic mass is 10.1. The Kier molecular flexibility index (Phi) is 1.81. The maximum absolute atomic E-state index is 12.3. The van der Waals surface area contributed by atoms with Crippen LogP contribution in [0.4, 0.5) is 4.39 Å². The third-order valence-electron chi connectivity index (χ3n) is 1.40. The normalized spacial score (nSPS) is 33.0. The minimum absolute atomic E-state index is 0.417. The summed E-state index contributed by atoms with van der Waals surface area (Å²) in [6, 6.07) is 0. The van der Waals surface area contributed by atoms with Crippen LogP contribution in [-0.4, -0.2) is 24.3 Å². The van der Waals surface area contributed by atoms with Crippen LogP contribution in [0.15, 0.2) is 0 Å². The third-order valence-corrected chi connectivity index (χ3v) is 1.40. The number of nitrogens with two attached hydrogens (primary N) is 1. The first-order chi connectivity index (χ1) is 3.79. The van der Waals surface area contributed by atoms with Gasteiger partial charge in [-0.3, -0.25) is 5.84 Å². The average molecular weight is 118 g/mol. The monoisotopic (exact) mass is 118 g/mol. The van der Waals surface area contributed by atoms with Gasteiger partial charge in [-0.05, 0) is 12.8 Å². The van der Waals surface area contributed by atoms with E-state index in [2.05, 4.69) is 0 Å². The Morgan fingerprint density at radius 1 is 1.62 bits per heavy atom. The van der Waals surface area contributed by atoms with Gasteiger partial charge in [0, 0.05) is 13.1 Å². The molecule has 1 fully saturated rings. The van der Waals surface area contributed by atoms with Crippen LogP contribution in [-0.2, 0) is 0 Å². The Morgan fingerprint density at radius 2 is 2.38 bits per heavy atom. The number of hydrazine groups is 1. The maximum atomic E-state index is 12.3. The Hall–Kier alpha value is -0.150. The standard InChI is InChI=1S/C5H11FN2/c6-5-2-1-3-8(7)4-5/h5H,1-4,7H2. The van der Waals surface area contributed by atoms with Crippen LogP contribution in [0.25, 0.3) is 0 Å². The van der Waals surface area contributed by atoms with Crippen molar-refractivity contribution in [2.24, 2.45) is 5.84 Å². The first-order valence-electron chi connectivity index (χ1n) is 2.93. The van der Waals surface area contributed by atoms with Crippen LogP contribution in [0.5, 0.6) is 0 Å². The van der Waals surface area contributed by atoms with Crippen molar-refractivity contribution in [2.45, 2.75) is 19.0 Å². The summed E-state index contributed by atoms with van der Waals surface area (Å²) in [5.74, 6) is 5.32. The molecule has 1 aliphatic rings. The molecule has 0 aromatic heterocycles. The molecular weight excluding hydrogens is 107 g/mol. The van der Waals surface area contributed by atoms with E-state index >= 15 is 0 Å². The molecule has 1 atom stereocenters. The van der Waals surface area contributed by atoms with Crippen LogP contribution in [0.2, 0.25) is 0 Å². The van der Waals surface area contributed by atoms with Gasteiger partial charge in [-0.2, -0.15) is 0 Å². The lowest BCUT2D eigenvalue weighted by Gasteiger charge is -2.23. The molecule has 1 rings (SSSR count). The predicted octanol–water partition coefficient (Wildman–Crippen LogP) is 0.294. The molecule has 0 aromatic rings. The quantitative estimate of drug-likeness (QED) is 0.463. The number of alkyl halides is 1. The molecule has 1 aliphatic heterocycles. The molecule has 0 radical (unpaired) electrons. The van der Waals surface area contributed by atoms with Gasteiger partial charge in [-0.15, -0.1) is 0 Å². The highest BCUT2D eigenvalue weighted by atomic mass is 19.1. The lowest BCUT2D eigenvalue weighted by Crippen LogP contribution is -2.41. The molecule has 0 spiro atoms. The Bertz CT molecular complexity index is 68.8. The van der Waals surface area contributed by atoms with Crippen LogP contribution >= 0.6 is 0 Å². The smallest absolute Gasteiger partial charge is 0.114 e. The minimum atomic E-state index is -0.686. The summed E-state index contributed by atoms with van der Waals surface area (Å²) in [5, 5.41) is 1.54. The molecule has 1 unspecified atom stereocenters. The number of halogens is 1. The molecule has 0 aromatic carbocycles. The van der Waals surface area contributed by atoms with Crippen molar-refractivity contribution in [3.8, 4) is 0 Å². The van der Waals surface area contributed by atoms with Crippen molar-refractivity contribution in [1.82, 2.24) is 5.01 Å². The van der Waals surface area contributed by atoms with E-state index in [0.717, 1.165) is 13.0 Å². The summed E-state index contributed by atoms with van der Waals surface area (Å²) < 4.78 is 12.3. The lowest BCUT2D eigenvalue weighted by molar-refractivity contribution is 0.140. The van der Waals surface area contributed by atoms with Crippen molar-refractivity contribution < 1.29 is 4.39 Å². The molecule has 8 heavy (non-hydrogen) atoms.